The first-order valence-corrected chi connectivity index (χ1v) is 9.98. The molecule has 132 valence electrons. The van der Waals surface area contributed by atoms with Crippen LogP contribution in [-0.2, 0) is 6.54 Å². The summed E-state index contributed by atoms with van der Waals surface area (Å²) in [5.41, 5.74) is 3.88. The number of nitrogens with zero attached hydrogens (tertiary/aromatic N) is 2. The van der Waals surface area contributed by atoms with Crippen LogP contribution in [0.3, 0.4) is 0 Å². The number of aromatic amines is 1. The molecule has 5 rings (SSSR count). The van der Waals surface area contributed by atoms with Gasteiger partial charge in [-0.15, -0.1) is 11.3 Å². The number of benzene rings is 1. The molecule has 6 heteroatoms. The second-order valence-electron chi connectivity index (χ2n) is 6.89. The van der Waals surface area contributed by atoms with E-state index in [1.807, 2.05) is 30.3 Å². The van der Waals surface area contributed by atoms with Gasteiger partial charge < -0.3 is 14.9 Å². The standard InChI is InChI=1S/C20H20N4OS/c25-20(21-12-19-22-14-7-3-4-8-15(14)23-19)17-11-18-16(9-10-26-18)24(17)13-5-1-2-6-13/h3-4,7-11,13H,1-2,5-6,12H2,(H,21,25)(H,22,23). The third-order valence-corrected chi connectivity index (χ3v) is 6.09. The fourth-order valence-electron chi connectivity index (χ4n) is 4.02. The Morgan fingerprint density at radius 1 is 1.27 bits per heavy atom. The fraction of sp³-hybridized carbons (Fsp3) is 0.300. The van der Waals surface area contributed by atoms with E-state index in [9.17, 15) is 4.79 Å². The summed E-state index contributed by atoms with van der Waals surface area (Å²) in [6.07, 6.45) is 4.80. The lowest BCUT2D eigenvalue weighted by molar-refractivity contribution is 0.0939. The van der Waals surface area contributed by atoms with Crippen molar-refractivity contribution in [3.8, 4) is 0 Å². The number of rotatable bonds is 4. The Balaban J connectivity index is 1.41. The number of thiophene rings is 1. The van der Waals surface area contributed by atoms with Crippen LogP contribution in [0.5, 0.6) is 0 Å². The van der Waals surface area contributed by atoms with E-state index in [4.69, 9.17) is 0 Å². The molecule has 1 aliphatic rings. The lowest BCUT2D eigenvalue weighted by Crippen LogP contribution is -2.26. The van der Waals surface area contributed by atoms with Crippen LogP contribution in [0, 0.1) is 0 Å². The third kappa shape index (κ3) is 2.61. The zero-order valence-electron chi connectivity index (χ0n) is 14.4. The zero-order chi connectivity index (χ0) is 17.5. The van der Waals surface area contributed by atoms with Crippen LogP contribution < -0.4 is 5.32 Å². The van der Waals surface area contributed by atoms with Crippen molar-refractivity contribution in [1.29, 1.82) is 0 Å². The summed E-state index contributed by atoms with van der Waals surface area (Å²) in [4.78, 5) is 20.7. The molecule has 3 aromatic heterocycles. The third-order valence-electron chi connectivity index (χ3n) is 5.24. The Labute approximate surface area is 155 Å². The number of hydrogen-bond donors (Lipinski definition) is 2. The minimum atomic E-state index is -0.0271. The van der Waals surface area contributed by atoms with E-state index in [-0.39, 0.29) is 5.91 Å². The highest BCUT2D eigenvalue weighted by Gasteiger charge is 2.25. The largest absolute Gasteiger partial charge is 0.344 e. The van der Waals surface area contributed by atoms with Gasteiger partial charge in [-0.1, -0.05) is 25.0 Å². The number of amides is 1. The van der Waals surface area contributed by atoms with Crippen molar-refractivity contribution in [3.05, 3.63) is 53.3 Å². The number of para-hydroxylation sites is 2. The van der Waals surface area contributed by atoms with Crippen LogP contribution in [0.1, 0.15) is 48.0 Å². The summed E-state index contributed by atoms with van der Waals surface area (Å²) in [6, 6.07) is 12.5. The Kier molecular flexibility index (Phi) is 3.78. The molecule has 2 N–H and O–H groups in total. The monoisotopic (exact) mass is 364 g/mol. The predicted octanol–water partition coefficient (Wildman–Crippen LogP) is 4.62. The molecule has 1 aromatic carbocycles. The molecule has 4 aromatic rings. The lowest BCUT2D eigenvalue weighted by Gasteiger charge is -2.17. The Bertz CT molecular complexity index is 1050. The van der Waals surface area contributed by atoms with Gasteiger partial charge in [-0.05, 0) is 42.5 Å². The molecule has 0 atom stereocenters. The van der Waals surface area contributed by atoms with E-state index in [1.54, 1.807) is 11.3 Å². The average molecular weight is 364 g/mol. The van der Waals surface area contributed by atoms with E-state index in [0.717, 1.165) is 35.4 Å². The molecule has 5 nitrogen and oxygen atoms in total. The molecule has 26 heavy (non-hydrogen) atoms. The van der Waals surface area contributed by atoms with Crippen molar-refractivity contribution >= 4 is 38.5 Å². The molecule has 1 aliphatic carbocycles. The van der Waals surface area contributed by atoms with Gasteiger partial charge in [-0.25, -0.2) is 4.98 Å². The molecule has 0 bridgehead atoms. The summed E-state index contributed by atoms with van der Waals surface area (Å²) in [6.45, 7) is 0.400. The summed E-state index contributed by atoms with van der Waals surface area (Å²) < 4.78 is 3.44. The summed E-state index contributed by atoms with van der Waals surface area (Å²) in [7, 11) is 0. The van der Waals surface area contributed by atoms with Crippen LogP contribution in [-0.4, -0.2) is 20.4 Å². The zero-order valence-corrected chi connectivity index (χ0v) is 15.2. The van der Waals surface area contributed by atoms with Gasteiger partial charge in [0.1, 0.15) is 11.5 Å². The van der Waals surface area contributed by atoms with Crippen LogP contribution in [0.4, 0.5) is 0 Å². The summed E-state index contributed by atoms with van der Waals surface area (Å²) >= 11 is 1.70. The lowest BCUT2D eigenvalue weighted by atomic mass is 10.2. The second-order valence-corrected chi connectivity index (χ2v) is 7.84. The van der Waals surface area contributed by atoms with E-state index < -0.39 is 0 Å². The predicted molar refractivity (Wildman–Crippen MR) is 105 cm³/mol. The number of fused-ring (bicyclic) bond motifs is 2. The van der Waals surface area contributed by atoms with Crippen molar-refractivity contribution in [2.75, 3.05) is 0 Å². The van der Waals surface area contributed by atoms with Gasteiger partial charge in [0.05, 0.1) is 27.8 Å². The van der Waals surface area contributed by atoms with Gasteiger partial charge in [0.15, 0.2) is 0 Å². The van der Waals surface area contributed by atoms with Gasteiger partial charge in [-0.3, -0.25) is 4.79 Å². The first kappa shape index (κ1) is 15.6. The molecule has 0 aliphatic heterocycles. The number of carbonyl (C=O) groups is 1. The molecule has 0 unspecified atom stereocenters. The van der Waals surface area contributed by atoms with E-state index >= 15 is 0 Å². The summed E-state index contributed by atoms with van der Waals surface area (Å²) in [5.74, 6) is 0.751. The van der Waals surface area contributed by atoms with E-state index in [2.05, 4.69) is 31.3 Å². The highest BCUT2D eigenvalue weighted by Crippen LogP contribution is 2.36. The Hall–Kier alpha value is -2.60. The van der Waals surface area contributed by atoms with Gasteiger partial charge >= 0.3 is 0 Å². The van der Waals surface area contributed by atoms with Crippen molar-refractivity contribution in [2.45, 2.75) is 38.3 Å². The molecule has 0 saturated heterocycles. The maximum absolute atomic E-state index is 12.9. The first-order chi connectivity index (χ1) is 12.8. The van der Waals surface area contributed by atoms with Gasteiger partial charge in [-0.2, -0.15) is 0 Å². The van der Waals surface area contributed by atoms with Crippen LogP contribution >= 0.6 is 11.3 Å². The Morgan fingerprint density at radius 3 is 2.96 bits per heavy atom. The Morgan fingerprint density at radius 2 is 2.12 bits per heavy atom. The molecule has 1 saturated carbocycles. The maximum Gasteiger partial charge on any atom is 0.268 e. The molecular weight excluding hydrogens is 344 g/mol. The van der Waals surface area contributed by atoms with Gasteiger partial charge in [0.25, 0.3) is 5.91 Å². The number of aromatic nitrogens is 3. The van der Waals surface area contributed by atoms with Crippen molar-refractivity contribution in [1.82, 2.24) is 19.9 Å². The topological polar surface area (TPSA) is 62.7 Å². The summed E-state index contributed by atoms with van der Waals surface area (Å²) in [5, 5.41) is 5.15. The minimum absolute atomic E-state index is 0.0271. The van der Waals surface area contributed by atoms with Crippen molar-refractivity contribution in [2.24, 2.45) is 0 Å². The van der Waals surface area contributed by atoms with Crippen LogP contribution in [0.25, 0.3) is 21.3 Å². The number of carbonyl (C=O) groups excluding carboxylic acids is 1. The number of hydrogen-bond acceptors (Lipinski definition) is 3. The number of nitrogens with one attached hydrogen (secondary N) is 2. The minimum Gasteiger partial charge on any atom is -0.344 e. The highest BCUT2D eigenvalue weighted by atomic mass is 32.1. The average Bonchev–Trinajstić information content (AvgIpc) is 3.41. The molecule has 0 radical (unpaired) electrons. The highest BCUT2D eigenvalue weighted by molar-refractivity contribution is 7.17. The fourth-order valence-corrected chi connectivity index (χ4v) is 4.83. The van der Waals surface area contributed by atoms with Gasteiger partial charge in [0.2, 0.25) is 0 Å². The van der Waals surface area contributed by atoms with E-state index in [0.29, 0.717) is 12.6 Å². The van der Waals surface area contributed by atoms with Crippen molar-refractivity contribution < 1.29 is 4.79 Å². The molecule has 1 fully saturated rings. The van der Waals surface area contributed by atoms with Crippen LogP contribution in [0.15, 0.2) is 41.8 Å². The van der Waals surface area contributed by atoms with Crippen LogP contribution in [0.2, 0.25) is 0 Å². The van der Waals surface area contributed by atoms with Gasteiger partial charge in [0, 0.05) is 6.04 Å². The molecular formula is C20H20N4OS. The number of H-pyrrole nitrogens is 1. The normalized spacial score (nSPS) is 15.2. The van der Waals surface area contributed by atoms with Crippen molar-refractivity contribution in [3.63, 3.8) is 0 Å². The maximum atomic E-state index is 12.9. The van der Waals surface area contributed by atoms with E-state index in [1.165, 1.54) is 23.1 Å². The molecule has 3 heterocycles. The molecule has 1 amide bonds. The number of imidazole rings is 1. The molecule has 0 spiro atoms. The smallest absolute Gasteiger partial charge is 0.268 e. The second kappa shape index (κ2) is 6.29. The first-order valence-electron chi connectivity index (χ1n) is 9.10. The quantitative estimate of drug-likeness (QED) is 0.555. The SMILES string of the molecule is O=C(NCc1nc2ccccc2[nH]1)c1cc2sccc2n1C1CCCC1.